The highest BCUT2D eigenvalue weighted by molar-refractivity contribution is 6.04. The van der Waals surface area contributed by atoms with Gasteiger partial charge in [-0.3, -0.25) is 9.59 Å². The summed E-state index contributed by atoms with van der Waals surface area (Å²) in [6.45, 7) is 0.812. The lowest BCUT2D eigenvalue weighted by Gasteiger charge is -2.24. The smallest absolute Gasteiger partial charge is 0.253 e. The first kappa shape index (κ1) is 16.5. The van der Waals surface area contributed by atoms with Gasteiger partial charge >= 0.3 is 0 Å². The maximum Gasteiger partial charge on any atom is 0.253 e. The van der Waals surface area contributed by atoms with Gasteiger partial charge in [-0.1, -0.05) is 18.6 Å². The van der Waals surface area contributed by atoms with Crippen LogP contribution in [0.2, 0.25) is 0 Å². The molecule has 20 heavy (non-hydrogen) atoms. The minimum atomic E-state index is -0.213. The minimum Gasteiger partial charge on any atom is -0.351 e. The van der Waals surface area contributed by atoms with Crippen molar-refractivity contribution in [3.05, 3.63) is 29.8 Å². The molecule has 0 unspecified atom stereocenters. The minimum absolute atomic E-state index is 0. The van der Waals surface area contributed by atoms with E-state index in [0.29, 0.717) is 24.3 Å². The van der Waals surface area contributed by atoms with Crippen LogP contribution in [0.15, 0.2) is 24.3 Å². The summed E-state index contributed by atoms with van der Waals surface area (Å²) < 4.78 is 0. The van der Waals surface area contributed by atoms with Gasteiger partial charge in [0.15, 0.2) is 0 Å². The van der Waals surface area contributed by atoms with E-state index < -0.39 is 0 Å². The van der Waals surface area contributed by atoms with Crippen molar-refractivity contribution in [3.63, 3.8) is 0 Å². The van der Waals surface area contributed by atoms with Crippen molar-refractivity contribution in [1.82, 2.24) is 5.32 Å². The molecule has 1 aromatic rings. The number of hydrogen-bond acceptors (Lipinski definition) is 3. The summed E-state index contributed by atoms with van der Waals surface area (Å²) in [5.41, 5.74) is 6.39. The summed E-state index contributed by atoms with van der Waals surface area (Å²) in [5.74, 6) is -0.111. The SMILES string of the molecule is Cl.NCCNC(=O)c1ccccc1NC(=O)C1CCC1. The Morgan fingerprint density at radius 2 is 1.95 bits per heavy atom. The van der Waals surface area contributed by atoms with Crippen molar-refractivity contribution in [2.24, 2.45) is 11.7 Å². The van der Waals surface area contributed by atoms with Crippen LogP contribution in [0.25, 0.3) is 0 Å². The van der Waals surface area contributed by atoms with Crippen molar-refractivity contribution in [2.75, 3.05) is 18.4 Å². The van der Waals surface area contributed by atoms with E-state index >= 15 is 0 Å². The number of anilines is 1. The van der Waals surface area contributed by atoms with Gasteiger partial charge in [0.2, 0.25) is 5.91 Å². The summed E-state index contributed by atoms with van der Waals surface area (Å²) in [7, 11) is 0. The van der Waals surface area contributed by atoms with E-state index in [1.807, 2.05) is 0 Å². The highest BCUT2D eigenvalue weighted by Crippen LogP contribution is 2.28. The fraction of sp³-hybridized carbons (Fsp3) is 0.429. The number of para-hydroxylation sites is 1. The number of carbonyl (C=O) groups is 2. The third-order valence-electron chi connectivity index (χ3n) is 3.34. The largest absolute Gasteiger partial charge is 0.351 e. The van der Waals surface area contributed by atoms with Crippen LogP contribution >= 0.6 is 12.4 Å². The highest BCUT2D eigenvalue weighted by atomic mass is 35.5. The van der Waals surface area contributed by atoms with Crippen LogP contribution < -0.4 is 16.4 Å². The van der Waals surface area contributed by atoms with Gasteiger partial charge in [-0.2, -0.15) is 0 Å². The van der Waals surface area contributed by atoms with Gasteiger partial charge in [0, 0.05) is 19.0 Å². The number of carbonyl (C=O) groups excluding carboxylic acids is 2. The van der Waals surface area contributed by atoms with E-state index in [-0.39, 0.29) is 30.1 Å². The van der Waals surface area contributed by atoms with Gasteiger partial charge in [0.05, 0.1) is 11.3 Å². The monoisotopic (exact) mass is 297 g/mol. The van der Waals surface area contributed by atoms with Crippen molar-refractivity contribution < 1.29 is 9.59 Å². The molecule has 1 aliphatic rings. The number of hydrogen-bond donors (Lipinski definition) is 3. The van der Waals surface area contributed by atoms with Gasteiger partial charge in [0.25, 0.3) is 5.91 Å². The predicted octanol–water partition coefficient (Wildman–Crippen LogP) is 1.54. The lowest BCUT2D eigenvalue weighted by Crippen LogP contribution is -2.31. The normalized spacial score (nSPS) is 13.8. The third-order valence-corrected chi connectivity index (χ3v) is 3.34. The number of nitrogens with two attached hydrogens (primary N) is 1. The van der Waals surface area contributed by atoms with Crippen LogP contribution in [0.4, 0.5) is 5.69 Å². The molecule has 2 amide bonds. The summed E-state index contributed by atoms with van der Waals surface area (Å²) in [4.78, 5) is 23.9. The van der Waals surface area contributed by atoms with Crippen LogP contribution in [0.3, 0.4) is 0 Å². The second kappa shape index (κ2) is 7.87. The molecule has 1 aliphatic carbocycles. The lowest BCUT2D eigenvalue weighted by molar-refractivity contribution is -0.122. The Hall–Kier alpha value is -1.59. The Morgan fingerprint density at radius 3 is 2.55 bits per heavy atom. The number of halogens is 1. The van der Waals surface area contributed by atoms with Crippen LogP contribution in [-0.4, -0.2) is 24.9 Å². The lowest BCUT2D eigenvalue weighted by atomic mass is 9.85. The Balaban J connectivity index is 0.00000200. The number of nitrogens with one attached hydrogen (secondary N) is 2. The molecular formula is C14H20ClN3O2. The van der Waals surface area contributed by atoms with E-state index in [4.69, 9.17) is 5.73 Å². The molecule has 1 saturated carbocycles. The molecule has 0 bridgehead atoms. The van der Waals surface area contributed by atoms with Gasteiger partial charge in [0.1, 0.15) is 0 Å². The zero-order chi connectivity index (χ0) is 13.7. The average Bonchev–Trinajstić information content (AvgIpc) is 2.34. The quantitative estimate of drug-likeness (QED) is 0.771. The van der Waals surface area contributed by atoms with E-state index in [1.54, 1.807) is 24.3 Å². The predicted molar refractivity (Wildman–Crippen MR) is 81.0 cm³/mol. The van der Waals surface area contributed by atoms with Crippen molar-refractivity contribution in [2.45, 2.75) is 19.3 Å². The molecule has 1 fully saturated rings. The van der Waals surface area contributed by atoms with E-state index in [0.717, 1.165) is 19.3 Å². The molecule has 6 heteroatoms. The molecule has 0 saturated heterocycles. The molecule has 5 nitrogen and oxygen atoms in total. The van der Waals surface area contributed by atoms with Gasteiger partial charge < -0.3 is 16.4 Å². The van der Waals surface area contributed by atoms with Crippen molar-refractivity contribution >= 4 is 29.9 Å². The molecule has 0 aromatic heterocycles. The molecule has 1 aromatic carbocycles. The zero-order valence-electron chi connectivity index (χ0n) is 11.2. The summed E-state index contributed by atoms with van der Waals surface area (Å²) in [6.07, 6.45) is 2.98. The van der Waals surface area contributed by atoms with Crippen molar-refractivity contribution in [1.29, 1.82) is 0 Å². The second-order valence-corrected chi connectivity index (χ2v) is 4.71. The molecule has 2 rings (SSSR count). The summed E-state index contributed by atoms with van der Waals surface area (Å²) in [6, 6.07) is 7.02. The number of rotatable bonds is 5. The maximum absolute atomic E-state index is 11.9. The Labute approximate surface area is 124 Å². The zero-order valence-corrected chi connectivity index (χ0v) is 12.0. The molecule has 0 heterocycles. The molecule has 4 N–H and O–H groups in total. The Kier molecular flexibility index (Phi) is 6.48. The molecule has 0 radical (unpaired) electrons. The average molecular weight is 298 g/mol. The first-order chi connectivity index (χ1) is 9.22. The third kappa shape index (κ3) is 3.95. The summed E-state index contributed by atoms with van der Waals surface area (Å²) in [5, 5.41) is 5.54. The summed E-state index contributed by atoms with van der Waals surface area (Å²) >= 11 is 0. The molecule has 0 aliphatic heterocycles. The van der Waals surface area contributed by atoms with Gasteiger partial charge in [-0.25, -0.2) is 0 Å². The molecule has 0 spiro atoms. The standard InChI is InChI=1S/C14H19N3O2.ClH/c15-8-9-16-14(19)11-6-1-2-7-12(11)17-13(18)10-4-3-5-10;/h1-2,6-7,10H,3-5,8-9,15H2,(H,16,19)(H,17,18);1H. The first-order valence-corrected chi connectivity index (χ1v) is 6.60. The molecule has 110 valence electrons. The van der Waals surface area contributed by atoms with E-state index in [9.17, 15) is 9.59 Å². The van der Waals surface area contributed by atoms with Crippen LogP contribution in [0, 0.1) is 5.92 Å². The van der Waals surface area contributed by atoms with E-state index in [1.165, 1.54) is 0 Å². The van der Waals surface area contributed by atoms with Crippen LogP contribution in [-0.2, 0) is 4.79 Å². The number of amides is 2. The van der Waals surface area contributed by atoms with E-state index in [2.05, 4.69) is 10.6 Å². The molecular weight excluding hydrogens is 278 g/mol. The van der Waals surface area contributed by atoms with Gasteiger partial charge in [-0.15, -0.1) is 12.4 Å². The number of benzene rings is 1. The fourth-order valence-corrected chi connectivity index (χ4v) is 1.98. The van der Waals surface area contributed by atoms with Gasteiger partial charge in [-0.05, 0) is 25.0 Å². The highest BCUT2D eigenvalue weighted by Gasteiger charge is 2.26. The molecule has 0 atom stereocenters. The fourth-order valence-electron chi connectivity index (χ4n) is 1.98. The maximum atomic E-state index is 11.9. The van der Waals surface area contributed by atoms with Crippen LogP contribution in [0.1, 0.15) is 29.6 Å². The Morgan fingerprint density at radius 1 is 1.25 bits per heavy atom. The van der Waals surface area contributed by atoms with Crippen LogP contribution in [0.5, 0.6) is 0 Å². The first-order valence-electron chi connectivity index (χ1n) is 6.60. The topological polar surface area (TPSA) is 84.2 Å². The van der Waals surface area contributed by atoms with Crippen molar-refractivity contribution in [3.8, 4) is 0 Å². The Bertz CT molecular complexity index is 475. The second-order valence-electron chi connectivity index (χ2n) is 4.71.